The summed E-state index contributed by atoms with van der Waals surface area (Å²) in [4.78, 5) is 0. The second-order valence-electron chi connectivity index (χ2n) is 14.8. The lowest BCUT2D eigenvalue weighted by Crippen LogP contribution is -2.26. The first kappa shape index (κ1) is 26.9. The smallest absolute Gasteiger partial charge is 0.0100 e. The Hall–Kier alpha value is -1.30. The molecule has 0 aromatic heterocycles. The fourth-order valence-corrected chi connectivity index (χ4v) is 5.39. The quantitative estimate of drug-likeness (QED) is 0.439. The van der Waals surface area contributed by atoms with Crippen LogP contribution in [0.25, 0.3) is 10.8 Å². The van der Waals surface area contributed by atoms with Crippen molar-refractivity contribution in [3.8, 4) is 0 Å². The van der Waals surface area contributed by atoms with Crippen molar-refractivity contribution in [3.63, 3.8) is 0 Å². The third kappa shape index (κ3) is 4.95. The Morgan fingerprint density at radius 1 is 0.438 bits per heavy atom. The number of rotatable bonds is 2. The van der Waals surface area contributed by atoms with Crippen molar-refractivity contribution in [2.75, 3.05) is 0 Å². The molecule has 180 valence electrons. The highest BCUT2D eigenvalue weighted by Crippen LogP contribution is 2.50. The molecule has 0 atom stereocenters. The van der Waals surface area contributed by atoms with Gasteiger partial charge in [0.15, 0.2) is 0 Å². The van der Waals surface area contributed by atoms with E-state index in [4.69, 9.17) is 0 Å². The van der Waals surface area contributed by atoms with Crippen molar-refractivity contribution in [1.29, 1.82) is 0 Å². The van der Waals surface area contributed by atoms with Gasteiger partial charge in [-0.1, -0.05) is 123 Å². The Balaban J connectivity index is 3.55. The Kier molecular flexibility index (Phi) is 6.89. The zero-order valence-electron chi connectivity index (χ0n) is 24.3. The summed E-state index contributed by atoms with van der Waals surface area (Å²) in [5, 5.41) is 3.07. The molecule has 2 aromatic carbocycles. The van der Waals surface area contributed by atoms with Crippen molar-refractivity contribution < 1.29 is 0 Å². The van der Waals surface area contributed by atoms with Crippen LogP contribution < -0.4 is 0 Å². The summed E-state index contributed by atoms with van der Waals surface area (Å²) in [6.45, 7) is 38.3. The summed E-state index contributed by atoms with van der Waals surface area (Å²) >= 11 is 0. The van der Waals surface area contributed by atoms with Gasteiger partial charge in [0, 0.05) is 0 Å². The Morgan fingerprint density at radius 2 is 0.688 bits per heavy atom. The highest BCUT2D eigenvalue weighted by atomic mass is 14.4. The first-order valence-corrected chi connectivity index (χ1v) is 12.8. The third-order valence-electron chi connectivity index (χ3n) is 6.83. The van der Waals surface area contributed by atoms with E-state index in [0.717, 1.165) is 0 Å². The summed E-state index contributed by atoms with van der Waals surface area (Å²) in [6.07, 6.45) is 0. The van der Waals surface area contributed by atoms with Crippen molar-refractivity contribution in [2.24, 2.45) is 0 Å². The molecular weight excluding hydrogens is 384 g/mol. The maximum Gasteiger partial charge on any atom is -0.0100 e. The fourth-order valence-electron chi connectivity index (χ4n) is 5.39. The van der Waals surface area contributed by atoms with Gasteiger partial charge in [0.1, 0.15) is 0 Å². The summed E-state index contributed by atoms with van der Waals surface area (Å²) in [6, 6.07) is 5.17. The highest BCUT2D eigenvalue weighted by molar-refractivity contribution is 5.99. The first-order valence-electron chi connectivity index (χ1n) is 12.8. The predicted molar refractivity (Wildman–Crippen MR) is 147 cm³/mol. The van der Waals surface area contributed by atoms with Crippen LogP contribution in [0.3, 0.4) is 0 Å². The molecule has 0 radical (unpaired) electrons. The van der Waals surface area contributed by atoms with Crippen LogP contribution >= 0.6 is 0 Å². The molecule has 0 spiro atoms. The largest absolute Gasteiger partial charge is 0.0587 e. The van der Waals surface area contributed by atoms with Crippen molar-refractivity contribution in [1.82, 2.24) is 0 Å². The number of hydrogen-bond donors (Lipinski definition) is 0. The van der Waals surface area contributed by atoms with Gasteiger partial charge in [0.05, 0.1) is 0 Å². The summed E-state index contributed by atoms with van der Waals surface area (Å²) in [7, 11) is 0. The normalized spacial score (nSPS) is 14.2. The standard InChI is InChI=1S/C32H52/c1-19(2)21-17-23(29(5,6)7)26-25(27(21)31(11,12)13)24(30(8,9)10)18-22(20(3)4)28(26)32(14,15)16/h17-20H,1-16H3. The molecule has 32 heavy (non-hydrogen) atoms. The van der Waals surface area contributed by atoms with E-state index in [-0.39, 0.29) is 21.7 Å². The summed E-state index contributed by atoms with van der Waals surface area (Å²) in [5.74, 6) is 0.982. The van der Waals surface area contributed by atoms with Crippen molar-refractivity contribution in [3.05, 3.63) is 45.5 Å². The minimum atomic E-state index is 0.0722. The van der Waals surface area contributed by atoms with Gasteiger partial charge in [0.2, 0.25) is 0 Å². The zero-order chi connectivity index (χ0) is 25.2. The molecule has 0 heteroatoms. The van der Waals surface area contributed by atoms with E-state index in [1.165, 1.54) is 33.0 Å². The monoisotopic (exact) mass is 436 g/mol. The van der Waals surface area contributed by atoms with Gasteiger partial charge in [-0.05, 0) is 77.6 Å². The molecule has 2 aromatic rings. The van der Waals surface area contributed by atoms with Crippen molar-refractivity contribution >= 4 is 10.8 Å². The van der Waals surface area contributed by atoms with E-state index in [1.54, 1.807) is 11.1 Å². The third-order valence-corrected chi connectivity index (χ3v) is 6.83. The van der Waals surface area contributed by atoms with E-state index >= 15 is 0 Å². The molecule has 0 heterocycles. The first-order chi connectivity index (χ1) is 14.1. The van der Waals surface area contributed by atoms with Crippen LogP contribution in [0.5, 0.6) is 0 Å². The SMILES string of the molecule is CC(C)c1cc(C(C)(C)C)c2c(C(C)(C)C)c(C(C)C)cc(C(C)(C)C)c2c1C(C)(C)C. The minimum Gasteiger partial charge on any atom is -0.0587 e. The van der Waals surface area contributed by atoms with Crippen LogP contribution in [0.2, 0.25) is 0 Å². The molecule has 0 aliphatic carbocycles. The molecule has 2 rings (SSSR count). The summed E-state index contributed by atoms with van der Waals surface area (Å²) < 4.78 is 0. The molecule has 0 saturated heterocycles. The topological polar surface area (TPSA) is 0 Å². The lowest BCUT2D eigenvalue weighted by atomic mass is 9.65. The zero-order valence-corrected chi connectivity index (χ0v) is 24.3. The van der Waals surface area contributed by atoms with E-state index < -0.39 is 0 Å². The average molecular weight is 437 g/mol. The maximum atomic E-state index is 2.58. The van der Waals surface area contributed by atoms with Crippen LogP contribution in [0.15, 0.2) is 12.1 Å². The molecule has 0 fully saturated rings. The van der Waals surface area contributed by atoms with Gasteiger partial charge in [0.25, 0.3) is 0 Å². The Bertz CT molecular complexity index is 901. The van der Waals surface area contributed by atoms with Gasteiger partial charge in [-0.25, -0.2) is 0 Å². The average Bonchev–Trinajstić information content (AvgIpc) is 2.54. The molecule has 0 nitrogen and oxygen atoms in total. The van der Waals surface area contributed by atoms with Crippen LogP contribution in [0, 0.1) is 0 Å². The lowest BCUT2D eigenvalue weighted by molar-refractivity contribution is 0.554. The van der Waals surface area contributed by atoms with Gasteiger partial charge in [-0.2, -0.15) is 0 Å². The highest BCUT2D eigenvalue weighted by Gasteiger charge is 2.35. The molecule has 0 aliphatic heterocycles. The molecule has 0 unspecified atom stereocenters. The van der Waals surface area contributed by atoms with Crippen LogP contribution in [-0.4, -0.2) is 0 Å². The Morgan fingerprint density at radius 3 is 0.844 bits per heavy atom. The number of fused-ring (bicyclic) bond motifs is 1. The number of hydrogen-bond acceptors (Lipinski definition) is 0. The molecule has 0 amide bonds. The van der Waals surface area contributed by atoms with Crippen LogP contribution in [0.1, 0.15) is 156 Å². The van der Waals surface area contributed by atoms with E-state index in [0.29, 0.717) is 11.8 Å². The molecule has 0 saturated carbocycles. The lowest BCUT2D eigenvalue weighted by Gasteiger charge is -2.39. The molecular formula is C32H52. The van der Waals surface area contributed by atoms with Gasteiger partial charge >= 0.3 is 0 Å². The van der Waals surface area contributed by atoms with Gasteiger partial charge in [-0.15, -0.1) is 0 Å². The van der Waals surface area contributed by atoms with E-state index in [1.807, 2.05) is 0 Å². The minimum absolute atomic E-state index is 0.0722. The number of benzene rings is 2. The van der Waals surface area contributed by atoms with Gasteiger partial charge < -0.3 is 0 Å². The van der Waals surface area contributed by atoms with Crippen LogP contribution in [-0.2, 0) is 21.7 Å². The van der Waals surface area contributed by atoms with E-state index in [9.17, 15) is 0 Å². The summed E-state index contributed by atoms with van der Waals surface area (Å²) in [5.41, 5.74) is 9.49. The second kappa shape index (κ2) is 8.18. The van der Waals surface area contributed by atoms with Crippen molar-refractivity contribution in [2.45, 2.75) is 144 Å². The predicted octanol–water partition coefficient (Wildman–Crippen LogP) is 10.3. The van der Waals surface area contributed by atoms with E-state index in [2.05, 4.69) is 123 Å². The molecule has 0 bridgehead atoms. The second-order valence-corrected chi connectivity index (χ2v) is 14.8. The molecule has 0 aliphatic rings. The molecule has 0 N–H and O–H groups in total. The van der Waals surface area contributed by atoms with Crippen LogP contribution in [0.4, 0.5) is 0 Å². The Labute approximate surface area is 200 Å². The maximum absolute atomic E-state index is 2.58. The fraction of sp³-hybridized carbons (Fsp3) is 0.688. The van der Waals surface area contributed by atoms with Gasteiger partial charge in [-0.3, -0.25) is 0 Å².